The summed E-state index contributed by atoms with van der Waals surface area (Å²) < 4.78 is 20.4. The fourth-order valence-electron chi connectivity index (χ4n) is 12.5. The Morgan fingerprint density at radius 2 is 0.673 bits per heavy atom. The van der Waals surface area contributed by atoms with Gasteiger partial charge < -0.3 is 77.0 Å². The smallest absolute Gasteiger partial charge is 0.233 e. The molecule has 2 aliphatic heterocycles. The van der Waals surface area contributed by atoms with Crippen LogP contribution < -0.4 is 67.2 Å². The highest BCUT2D eigenvalue weighted by Gasteiger charge is 2.25. The fraction of sp³-hybridized carbons (Fsp3) is 0.526. The molecule has 2 saturated heterocycles. The van der Waals surface area contributed by atoms with Crippen LogP contribution in [0, 0.1) is 0 Å². The molecule has 113 heavy (non-hydrogen) atoms. The van der Waals surface area contributed by atoms with Crippen molar-refractivity contribution in [3.63, 3.8) is 0 Å². The van der Waals surface area contributed by atoms with E-state index in [1.807, 2.05) is 24.3 Å². The number of benzene rings is 4. The summed E-state index contributed by atoms with van der Waals surface area (Å²) in [6.07, 6.45) is 27.6. The van der Waals surface area contributed by atoms with E-state index in [9.17, 15) is 0 Å². The normalized spacial score (nSPS) is 15.8. The molecule has 8 aromatic rings. The summed E-state index contributed by atoms with van der Waals surface area (Å²) in [4.78, 5) is 55.8. The molecule has 0 amide bonds. The molecule has 0 atom stereocenters. The Kier molecular flexibility index (Phi) is 43.4. The number of anilines is 10. The van der Waals surface area contributed by atoms with E-state index in [1.54, 1.807) is 77.0 Å². The third kappa shape index (κ3) is 35.4. The third-order valence-corrected chi connectivity index (χ3v) is 20.9. The number of nitrogens with zero attached hydrogens (tertiary/aromatic N) is 15. The van der Waals surface area contributed by atoms with E-state index in [1.165, 1.54) is 116 Å². The largest absolute Gasteiger partial charge is 0.495 e. The number of rotatable bonds is 17. The van der Waals surface area contributed by atoms with Gasteiger partial charge in [0.25, 0.3) is 0 Å². The van der Waals surface area contributed by atoms with Gasteiger partial charge in [0, 0.05) is 60.0 Å². The third-order valence-electron chi connectivity index (χ3n) is 18.7. The van der Waals surface area contributed by atoms with Gasteiger partial charge in [0.2, 0.25) is 67.4 Å². The summed E-state index contributed by atoms with van der Waals surface area (Å²) >= 11 is 57.5. The van der Waals surface area contributed by atoms with Crippen molar-refractivity contribution < 1.29 is 18.9 Å². The molecule has 0 radical (unpaired) electrons. The fourth-order valence-corrected chi connectivity index (χ4v) is 14.6. The van der Waals surface area contributed by atoms with E-state index in [-0.39, 0.29) is 45.1 Å². The van der Waals surface area contributed by atoms with Gasteiger partial charge >= 0.3 is 0 Å². The number of nitrogens with two attached hydrogens (primary N) is 2. The van der Waals surface area contributed by atoms with Gasteiger partial charge in [-0.3, -0.25) is 0 Å². The first-order chi connectivity index (χ1) is 53.9. The summed E-state index contributed by atoms with van der Waals surface area (Å²) in [5.74, 6) is 5.41. The highest BCUT2D eigenvalue weighted by Crippen LogP contribution is 2.34. The highest BCUT2D eigenvalue weighted by atomic mass is 35.5. The Morgan fingerprint density at radius 1 is 0.372 bits per heavy atom. The van der Waals surface area contributed by atoms with Crippen LogP contribution in [0.2, 0.25) is 51.8 Å². The van der Waals surface area contributed by atoms with Gasteiger partial charge in [-0.2, -0.15) is 59.8 Å². The first-order valence-electron chi connectivity index (χ1n) is 37.3. The van der Waals surface area contributed by atoms with Crippen molar-refractivity contribution in [1.29, 1.82) is 0 Å². The van der Waals surface area contributed by atoms with Crippen LogP contribution in [0.15, 0.2) is 72.8 Å². The molecule has 6 heterocycles. The second kappa shape index (κ2) is 51.5. The molecule has 0 bridgehead atoms. The number of ether oxygens (including phenoxy) is 4. The van der Waals surface area contributed by atoms with Crippen molar-refractivity contribution in [2.24, 2.45) is 5.73 Å². The summed E-state index contributed by atoms with van der Waals surface area (Å²) in [7, 11) is 14.8. The van der Waals surface area contributed by atoms with Crippen molar-refractivity contribution in [3.05, 3.63) is 125 Å². The quantitative estimate of drug-likeness (QED) is 0.0310. The number of piperidine rings is 2. The Labute approximate surface area is 715 Å². The van der Waals surface area contributed by atoms with Gasteiger partial charge in [-0.25, -0.2) is 0 Å². The number of hydrogen-bond acceptors (Lipinski definition) is 27. The minimum absolute atomic E-state index is 0. The summed E-state index contributed by atoms with van der Waals surface area (Å²) in [6, 6.07) is 23.7. The molecular weight excluding hydrogens is 1650 g/mol. The molecule has 5 aliphatic rings. The van der Waals surface area contributed by atoms with Crippen molar-refractivity contribution in [3.8, 4) is 23.0 Å². The predicted molar refractivity (Wildman–Crippen MR) is 467 cm³/mol. The Balaban J connectivity index is 0.000000220. The lowest BCUT2D eigenvalue weighted by atomic mass is 10.0. The lowest BCUT2D eigenvalue weighted by Crippen LogP contribution is -2.42. The van der Waals surface area contributed by atoms with E-state index in [2.05, 4.69) is 120 Å². The summed E-state index contributed by atoms with van der Waals surface area (Å²) in [5.41, 5.74) is 14.1. The average Bonchev–Trinajstić information content (AvgIpc) is 0.957. The first kappa shape index (κ1) is 95.3. The molecule has 4 aromatic heterocycles. The molecule has 27 nitrogen and oxygen atoms in total. The van der Waals surface area contributed by atoms with Gasteiger partial charge in [-0.05, 0) is 254 Å². The van der Waals surface area contributed by atoms with Crippen molar-refractivity contribution in [2.75, 3.05) is 120 Å². The van der Waals surface area contributed by atoms with E-state index < -0.39 is 0 Å². The number of halogens is 10. The zero-order valence-electron chi connectivity index (χ0n) is 64.5. The van der Waals surface area contributed by atoms with E-state index in [0.717, 1.165) is 69.0 Å². The Morgan fingerprint density at radius 3 is 1.04 bits per heavy atom. The van der Waals surface area contributed by atoms with Crippen LogP contribution >= 0.6 is 116 Å². The average molecular weight is 1760 g/mol. The molecule has 4 aromatic carbocycles. The van der Waals surface area contributed by atoms with Gasteiger partial charge in [0.15, 0.2) is 0 Å². The second-order valence-corrected chi connectivity index (χ2v) is 30.8. The Bertz CT molecular complexity index is 4030. The highest BCUT2D eigenvalue weighted by molar-refractivity contribution is 6.34. The van der Waals surface area contributed by atoms with Gasteiger partial charge in [-0.15, -0.1) is 0 Å². The Hall–Kier alpha value is -6.54. The minimum Gasteiger partial charge on any atom is -0.495 e. The van der Waals surface area contributed by atoms with Crippen LogP contribution in [-0.4, -0.2) is 183 Å². The van der Waals surface area contributed by atoms with Crippen LogP contribution in [0.4, 0.5) is 58.4 Å². The van der Waals surface area contributed by atoms with E-state index in [0.29, 0.717) is 108 Å². The van der Waals surface area contributed by atoms with Gasteiger partial charge in [0.05, 0.1) is 48.5 Å². The summed E-state index contributed by atoms with van der Waals surface area (Å²) in [5, 5.41) is 21.8. The second-order valence-electron chi connectivity index (χ2n) is 27.1. The van der Waals surface area contributed by atoms with Crippen LogP contribution in [0.3, 0.4) is 0 Å². The first-order valence-corrected chi connectivity index (χ1v) is 41.1. The van der Waals surface area contributed by atoms with Crippen molar-refractivity contribution in [2.45, 2.75) is 179 Å². The van der Waals surface area contributed by atoms with Crippen molar-refractivity contribution in [1.82, 2.24) is 74.9 Å². The maximum absolute atomic E-state index is 6.32. The predicted octanol–water partition coefficient (Wildman–Crippen LogP) is 20.0. The number of likely N-dealkylation sites (tertiary alicyclic amines) is 2. The topological polar surface area (TPSA) is 326 Å². The number of nitrogen functional groups attached to an aromatic ring is 1. The van der Waals surface area contributed by atoms with Crippen LogP contribution in [0.25, 0.3) is 0 Å². The molecule has 0 spiro atoms. The van der Waals surface area contributed by atoms with Crippen LogP contribution in [0.1, 0.15) is 149 Å². The molecule has 5 fully saturated rings. The molecule has 10 N–H and O–H groups in total. The maximum atomic E-state index is 6.32. The molecule has 620 valence electrons. The zero-order valence-corrected chi connectivity index (χ0v) is 72.0. The molecule has 3 saturated carbocycles. The van der Waals surface area contributed by atoms with Crippen LogP contribution in [0.5, 0.6) is 23.0 Å². The van der Waals surface area contributed by atoms with E-state index in [4.69, 9.17) is 161 Å². The molecule has 13 rings (SSSR count). The van der Waals surface area contributed by atoms with E-state index >= 15 is 0 Å². The lowest BCUT2D eigenvalue weighted by Gasteiger charge is -2.35. The SMILES string of the molecule is C.CNC1CCN(C)CC1.COc1ccc(N)cc1Cl.COc1ccc(Nc2nc(Cl)nc(Cl)n2)cc1Cl.COc1ccc(Nc2nc(Cl)nc(NC3CCCCCC3)n2)cc1Cl.COc1ccc(Nc2nc(NC3CCCCCC3)nc(N(C)C3CCN(C)CC3)n2)cc1Cl.Clc1nc(Cl)nc(Cl)n1.NC1CCCCCC1. The molecule has 3 aliphatic carbocycles. The molecular formula is C76H107Cl10N23O4. The molecule has 0 unspecified atom stereocenters. The minimum atomic E-state index is 0. The lowest BCUT2D eigenvalue weighted by molar-refractivity contribution is 0.240. The number of methoxy groups -OCH3 is 4. The monoisotopic (exact) mass is 1760 g/mol. The standard InChI is InChI=1S/C24H36ClN7O.C17H21Cl2N5O.C10H7Cl3N4O.C7H8ClNO.C7H16N2.C7H15N.C3Cl3N3.CH4/c1-31-14-12-19(13-15-31)32(2)24-29-22(26-17-8-6-4-5-7-9-17)28-23(30-24)27-18-10-11-21(33-3)20(25)16-18;1-25-14-9-8-12(10-13(14)18)21-17-23-15(19)22-16(24-17)20-11-6-4-2-3-5-7-11;1-18-7-3-2-5(4-6(7)11)14-10-16-8(12)15-9(13)17-10;1-10-7-3-2-5(9)4-6(7)8;1-8-7-3-5-9(2)6-4-7;8-7-5-3-1-2-4-6-7;4-1-7-2(5)9-3(6)8-1;/h10-11,16-17,19H,4-9,12-15H2,1-3H3,(H2,26,27,28,29,30);8-11H,2-7H2,1H3,(H2,20,21,22,23,24);2-4H,1H3,(H,14,15,16,17);2-4H,9H2,1H3;7-8H,3-6H2,1-2H3;7H,1-6,8H2;;1H4. The van der Waals surface area contributed by atoms with Gasteiger partial charge in [-0.1, -0.05) is 131 Å². The van der Waals surface area contributed by atoms with Crippen LogP contribution in [-0.2, 0) is 0 Å². The maximum Gasteiger partial charge on any atom is 0.233 e. The van der Waals surface area contributed by atoms with Gasteiger partial charge in [0.1, 0.15) is 23.0 Å². The number of aromatic nitrogens is 12. The zero-order chi connectivity index (χ0) is 80.9. The summed E-state index contributed by atoms with van der Waals surface area (Å²) in [6.45, 7) is 4.68. The number of hydrogen-bond donors (Lipinski definition) is 8. The molecule has 37 heteroatoms. The number of nitrogens with one attached hydrogen (secondary N) is 6. The van der Waals surface area contributed by atoms with Crippen molar-refractivity contribution >= 4 is 174 Å².